The Balaban J connectivity index is 1.74. The molecule has 1 saturated heterocycles. The van der Waals surface area contributed by atoms with Gasteiger partial charge in [-0.25, -0.2) is 0 Å². The van der Waals surface area contributed by atoms with E-state index in [1.54, 1.807) is 0 Å². The molecule has 1 aliphatic heterocycles. The van der Waals surface area contributed by atoms with Crippen LogP contribution in [-0.4, -0.2) is 37.7 Å². The van der Waals surface area contributed by atoms with Crippen molar-refractivity contribution in [1.29, 1.82) is 0 Å². The highest BCUT2D eigenvalue weighted by atomic mass is 16.5. The average Bonchev–Trinajstić information content (AvgIpc) is 2.12. The van der Waals surface area contributed by atoms with Gasteiger partial charge in [0.05, 0.1) is 13.2 Å². The van der Waals surface area contributed by atoms with E-state index in [1.807, 2.05) is 0 Å². The fourth-order valence-electron chi connectivity index (χ4n) is 1.59. The summed E-state index contributed by atoms with van der Waals surface area (Å²) in [5.41, 5.74) is 0. The van der Waals surface area contributed by atoms with Gasteiger partial charge in [-0.05, 0) is 19.3 Å². The molecule has 1 unspecified atom stereocenters. The minimum absolute atomic E-state index is 0.101. The van der Waals surface area contributed by atoms with Gasteiger partial charge in [0.25, 0.3) is 0 Å². The number of carbonyl (C=O) groups is 1. The van der Waals surface area contributed by atoms with Crippen molar-refractivity contribution in [3.63, 3.8) is 0 Å². The van der Waals surface area contributed by atoms with Crippen LogP contribution in [0, 0.1) is 0 Å². The van der Waals surface area contributed by atoms with E-state index in [0.29, 0.717) is 19.3 Å². The Bertz CT molecular complexity index is 186. The van der Waals surface area contributed by atoms with Crippen molar-refractivity contribution in [3.8, 4) is 0 Å². The summed E-state index contributed by atoms with van der Waals surface area (Å²) in [6, 6.07) is 0.297. The Morgan fingerprint density at radius 1 is 1.46 bits per heavy atom. The van der Waals surface area contributed by atoms with Crippen molar-refractivity contribution >= 4 is 5.91 Å². The molecular formula is C9H16N2O2. The maximum absolute atomic E-state index is 11.5. The fourth-order valence-corrected chi connectivity index (χ4v) is 1.59. The van der Waals surface area contributed by atoms with E-state index < -0.39 is 0 Å². The molecule has 74 valence electrons. The molecule has 0 spiro atoms. The number of ether oxygens (including phenoxy) is 1. The Kier molecular flexibility index (Phi) is 2.80. The van der Waals surface area contributed by atoms with Crippen molar-refractivity contribution in [1.82, 2.24) is 10.6 Å². The standard InChI is InChI=1S/C9H16N2O2/c12-9(11-7-2-1-3-7)8-6-13-5-4-10-8/h7-8,10H,1-6H2,(H,11,12). The summed E-state index contributed by atoms with van der Waals surface area (Å²) >= 11 is 0. The third-order valence-electron chi connectivity index (χ3n) is 2.69. The van der Waals surface area contributed by atoms with Gasteiger partial charge in [-0.2, -0.15) is 0 Å². The number of amides is 1. The second-order valence-corrected chi connectivity index (χ2v) is 3.72. The summed E-state index contributed by atoms with van der Waals surface area (Å²) in [7, 11) is 0. The molecule has 4 nitrogen and oxygen atoms in total. The Morgan fingerprint density at radius 2 is 2.31 bits per heavy atom. The quantitative estimate of drug-likeness (QED) is 0.616. The zero-order chi connectivity index (χ0) is 9.10. The van der Waals surface area contributed by atoms with Crippen LogP contribution in [0.5, 0.6) is 0 Å². The monoisotopic (exact) mass is 184 g/mol. The van der Waals surface area contributed by atoms with Crippen LogP contribution in [0.3, 0.4) is 0 Å². The Hall–Kier alpha value is -0.610. The van der Waals surface area contributed by atoms with Crippen LogP contribution in [0.25, 0.3) is 0 Å². The van der Waals surface area contributed by atoms with Gasteiger partial charge in [0, 0.05) is 12.6 Å². The number of hydrogen-bond donors (Lipinski definition) is 2. The van der Waals surface area contributed by atoms with Gasteiger partial charge in [-0.3, -0.25) is 4.79 Å². The molecule has 1 saturated carbocycles. The lowest BCUT2D eigenvalue weighted by Crippen LogP contribution is -2.54. The molecule has 1 atom stereocenters. The predicted molar refractivity (Wildman–Crippen MR) is 48.4 cm³/mol. The first kappa shape index (κ1) is 8.97. The van der Waals surface area contributed by atoms with Crippen LogP contribution in [0.15, 0.2) is 0 Å². The molecule has 1 heterocycles. The first-order valence-corrected chi connectivity index (χ1v) is 4.98. The summed E-state index contributed by atoms with van der Waals surface area (Å²) in [6.07, 6.45) is 3.53. The van der Waals surface area contributed by atoms with Crippen LogP contribution in [0.2, 0.25) is 0 Å². The lowest BCUT2D eigenvalue weighted by atomic mass is 9.93. The molecular weight excluding hydrogens is 168 g/mol. The highest BCUT2D eigenvalue weighted by Gasteiger charge is 2.25. The zero-order valence-corrected chi connectivity index (χ0v) is 7.71. The molecule has 0 radical (unpaired) electrons. The molecule has 1 amide bonds. The number of hydrogen-bond acceptors (Lipinski definition) is 3. The molecule has 0 aromatic carbocycles. The molecule has 2 N–H and O–H groups in total. The van der Waals surface area contributed by atoms with Gasteiger partial charge in [0.1, 0.15) is 6.04 Å². The van der Waals surface area contributed by atoms with E-state index in [9.17, 15) is 4.79 Å². The van der Waals surface area contributed by atoms with Gasteiger partial charge >= 0.3 is 0 Å². The molecule has 0 aromatic rings. The second kappa shape index (κ2) is 4.07. The normalized spacial score (nSPS) is 29.4. The third-order valence-corrected chi connectivity index (χ3v) is 2.69. The van der Waals surface area contributed by atoms with Crippen LogP contribution >= 0.6 is 0 Å². The topological polar surface area (TPSA) is 50.4 Å². The summed E-state index contributed by atoms with van der Waals surface area (Å²) in [4.78, 5) is 11.5. The summed E-state index contributed by atoms with van der Waals surface area (Å²) in [6.45, 7) is 2.01. The van der Waals surface area contributed by atoms with Crippen LogP contribution in [0.4, 0.5) is 0 Å². The van der Waals surface area contributed by atoms with Crippen molar-refractivity contribution < 1.29 is 9.53 Å². The third kappa shape index (κ3) is 2.19. The summed E-state index contributed by atoms with van der Waals surface area (Å²) in [5, 5.41) is 6.14. The molecule has 0 bridgehead atoms. The smallest absolute Gasteiger partial charge is 0.239 e. The van der Waals surface area contributed by atoms with E-state index >= 15 is 0 Å². The second-order valence-electron chi connectivity index (χ2n) is 3.72. The molecule has 13 heavy (non-hydrogen) atoms. The maximum atomic E-state index is 11.5. The van der Waals surface area contributed by atoms with Crippen LogP contribution in [-0.2, 0) is 9.53 Å². The van der Waals surface area contributed by atoms with Crippen molar-refractivity contribution in [2.45, 2.75) is 31.3 Å². The molecule has 1 aliphatic carbocycles. The lowest BCUT2D eigenvalue weighted by molar-refractivity contribution is -0.127. The minimum atomic E-state index is -0.130. The van der Waals surface area contributed by atoms with Crippen molar-refractivity contribution in [2.75, 3.05) is 19.8 Å². The highest BCUT2D eigenvalue weighted by Crippen LogP contribution is 2.18. The number of nitrogens with one attached hydrogen (secondary N) is 2. The zero-order valence-electron chi connectivity index (χ0n) is 7.71. The Labute approximate surface area is 78.0 Å². The SMILES string of the molecule is O=C(NC1CCC1)C1COCCN1. The number of morpholine rings is 1. The molecule has 2 fully saturated rings. The molecule has 4 heteroatoms. The van der Waals surface area contributed by atoms with E-state index in [2.05, 4.69) is 10.6 Å². The van der Waals surface area contributed by atoms with Crippen LogP contribution in [0.1, 0.15) is 19.3 Å². The first-order chi connectivity index (χ1) is 6.36. The molecule has 0 aromatic heterocycles. The van der Waals surface area contributed by atoms with Crippen LogP contribution < -0.4 is 10.6 Å². The van der Waals surface area contributed by atoms with Gasteiger partial charge in [0.15, 0.2) is 0 Å². The first-order valence-electron chi connectivity index (χ1n) is 4.98. The summed E-state index contributed by atoms with van der Waals surface area (Å²) < 4.78 is 5.21. The number of carbonyl (C=O) groups excluding carboxylic acids is 1. The van der Waals surface area contributed by atoms with E-state index in [4.69, 9.17) is 4.74 Å². The van der Waals surface area contributed by atoms with Crippen molar-refractivity contribution in [2.24, 2.45) is 0 Å². The highest BCUT2D eigenvalue weighted by molar-refractivity contribution is 5.82. The van der Waals surface area contributed by atoms with E-state index in [0.717, 1.165) is 19.4 Å². The van der Waals surface area contributed by atoms with E-state index in [-0.39, 0.29) is 11.9 Å². The van der Waals surface area contributed by atoms with Gasteiger partial charge in [0.2, 0.25) is 5.91 Å². The maximum Gasteiger partial charge on any atom is 0.239 e. The van der Waals surface area contributed by atoms with Crippen molar-refractivity contribution in [3.05, 3.63) is 0 Å². The fraction of sp³-hybridized carbons (Fsp3) is 0.889. The number of rotatable bonds is 2. The predicted octanol–water partition coefficient (Wildman–Crippen LogP) is -0.357. The van der Waals surface area contributed by atoms with Gasteiger partial charge < -0.3 is 15.4 Å². The lowest BCUT2D eigenvalue weighted by Gasteiger charge is -2.30. The van der Waals surface area contributed by atoms with Gasteiger partial charge in [-0.1, -0.05) is 0 Å². The molecule has 2 aliphatic rings. The Morgan fingerprint density at radius 3 is 2.85 bits per heavy atom. The summed E-state index contributed by atoms with van der Waals surface area (Å²) in [5.74, 6) is 0.101. The largest absolute Gasteiger partial charge is 0.378 e. The van der Waals surface area contributed by atoms with E-state index in [1.165, 1.54) is 6.42 Å². The van der Waals surface area contributed by atoms with Gasteiger partial charge in [-0.15, -0.1) is 0 Å². The average molecular weight is 184 g/mol. The minimum Gasteiger partial charge on any atom is -0.378 e. The molecule has 2 rings (SSSR count).